The fourth-order valence-electron chi connectivity index (χ4n) is 4.65. The molecule has 4 rings (SSSR count). The monoisotopic (exact) mass is 491 g/mol. The number of fused-ring (bicyclic) bond motifs is 2. The minimum Gasteiger partial charge on any atom is -0.469 e. The Morgan fingerprint density at radius 3 is 2.79 bits per heavy atom. The van der Waals surface area contributed by atoms with Crippen molar-refractivity contribution < 1.29 is 23.9 Å². The van der Waals surface area contributed by atoms with Crippen molar-refractivity contribution in [1.82, 2.24) is 9.88 Å². The molecule has 0 N–H and O–H groups in total. The zero-order valence-corrected chi connectivity index (χ0v) is 20.2. The molecule has 10 heteroatoms. The maximum Gasteiger partial charge on any atom is 0.409 e. The van der Waals surface area contributed by atoms with Crippen molar-refractivity contribution in [3.8, 4) is 0 Å². The molecule has 1 saturated heterocycles. The first-order valence-corrected chi connectivity index (χ1v) is 12.0. The van der Waals surface area contributed by atoms with Gasteiger partial charge >= 0.3 is 12.1 Å². The second kappa shape index (κ2) is 9.69. The molecule has 0 aliphatic carbocycles. The zero-order valence-electron chi connectivity index (χ0n) is 18.6. The van der Waals surface area contributed by atoms with Gasteiger partial charge < -0.3 is 19.3 Å². The number of ether oxygens (including phenoxy) is 2. The van der Waals surface area contributed by atoms with Crippen LogP contribution in [0.1, 0.15) is 34.7 Å². The van der Waals surface area contributed by atoms with E-state index in [1.807, 2.05) is 12.1 Å². The highest BCUT2D eigenvalue weighted by Gasteiger charge is 2.50. The molecule has 3 heterocycles. The lowest BCUT2D eigenvalue weighted by Gasteiger charge is -2.25. The van der Waals surface area contributed by atoms with Crippen LogP contribution in [0, 0.1) is 0 Å². The standard InChI is InChI=1S/C23H26ClN3O5S/c1-31-21(29)5-3-4-16-12-25-19(33-16)11-20(28)27-14-23(8-9-26(13-23)22(30)32-2)17-10-15(24)6-7-18(17)27/h6-7,10,12H,3-5,8-9,11,13-14H2,1-2H3. The first-order chi connectivity index (χ1) is 15.8. The molecule has 0 saturated carbocycles. The summed E-state index contributed by atoms with van der Waals surface area (Å²) in [5, 5.41) is 1.35. The van der Waals surface area contributed by atoms with Crippen LogP contribution in [0.2, 0.25) is 5.02 Å². The number of thiazole rings is 1. The molecule has 2 aliphatic heterocycles. The van der Waals surface area contributed by atoms with E-state index in [-0.39, 0.29) is 29.8 Å². The van der Waals surface area contributed by atoms with Crippen molar-refractivity contribution >= 4 is 46.6 Å². The van der Waals surface area contributed by atoms with E-state index in [4.69, 9.17) is 16.3 Å². The summed E-state index contributed by atoms with van der Waals surface area (Å²) in [7, 11) is 2.76. The molecule has 1 atom stereocenters. The minimum absolute atomic E-state index is 0.0394. The smallest absolute Gasteiger partial charge is 0.409 e. The van der Waals surface area contributed by atoms with E-state index in [0.29, 0.717) is 37.5 Å². The fourth-order valence-corrected chi connectivity index (χ4v) is 5.78. The number of benzene rings is 1. The molecule has 2 amide bonds. The van der Waals surface area contributed by atoms with Gasteiger partial charge in [-0.3, -0.25) is 9.59 Å². The number of rotatable bonds is 6. The molecule has 2 aromatic rings. The molecule has 1 spiro atoms. The molecule has 1 aromatic carbocycles. The number of carbonyl (C=O) groups excluding carboxylic acids is 3. The van der Waals surface area contributed by atoms with Crippen molar-refractivity contribution in [2.24, 2.45) is 0 Å². The van der Waals surface area contributed by atoms with Gasteiger partial charge in [0.1, 0.15) is 5.01 Å². The van der Waals surface area contributed by atoms with E-state index >= 15 is 0 Å². The Balaban J connectivity index is 1.47. The van der Waals surface area contributed by atoms with Gasteiger partial charge in [0.05, 0.1) is 20.6 Å². The van der Waals surface area contributed by atoms with Gasteiger partial charge in [0.15, 0.2) is 0 Å². The van der Waals surface area contributed by atoms with Gasteiger partial charge in [-0.25, -0.2) is 9.78 Å². The number of aryl methyl sites for hydroxylation is 1. The number of esters is 1. The largest absolute Gasteiger partial charge is 0.469 e. The van der Waals surface area contributed by atoms with E-state index < -0.39 is 0 Å². The summed E-state index contributed by atoms with van der Waals surface area (Å²) in [6.45, 7) is 1.55. The highest BCUT2D eigenvalue weighted by Crippen LogP contribution is 2.47. The molecule has 176 valence electrons. The first kappa shape index (κ1) is 23.5. The van der Waals surface area contributed by atoms with Gasteiger partial charge in [0.2, 0.25) is 5.91 Å². The quantitative estimate of drug-likeness (QED) is 0.574. The maximum atomic E-state index is 13.3. The van der Waals surface area contributed by atoms with Crippen molar-refractivity contribution in [1.29, 1.82) is 0 Å². The van der Waals surface area contributed by atoms with Crippen LogP contribution in [0.15, 0.2) is 24.4 Å². The highest BCUT2D eigenvalue weighted by atomic mass is 35.5. The SMILES string of the molecule is COC(=O)CCCc1cnc(CC(=O)N2CC3(CCN(C(=O)OC)C3)c3cc(Cl)ccc32)s1. The summed E-state index contributed by atoms with van der Waals surface area (Å²) in [6.07, 6.45) is 4.11. The van der Waals surface area contributed by atoms with Crippen LogP contribution in [0.5, 0.6) is 0 Å². The molecule has 8 nitrogen and oxygen atoms in total. The molecular weight excluding hydrogens is 466 g/mol. The number of methoxy groups -OCH3 is 2. The van der Waals surface area contributed by atoms with Crippen LogP contribution in [-0.4, -0.2) is 61.7 Å². The third-order valence-electron chi connectivity index (χ3n) is 6.30. The Labute approximate surface area is 201 Å². The summed E-state index contributed by atoms with van der Waals surface area (Å²) in [5.41, 5.74) is 1.48. The third-order valence-corrected chi connectivity index (χ3v) is 7.60. The minimum atomic E-state index is -0.359. The van der Waals surface area contributed by atoms with Gasteiger partial charge in [-0.15, -0.1) is 11.3 Å². The fraction of sp³-hybridized carbons (Fsp3) is 0.478. The average molecular weight is 492 g/mol. The number of hydrogen-bond donors (Lipinski definition) is 0. The number of hydrogen-bond acceptors (Lipinski definition) is 7. The lowest BCUT2D eigenvalue weighted by molar-refractivity contribution is -0.140. The van der Waals surface area contributed by atoms with Crippen molar-refractivity contribution in [2.45, 2.75) is 37.5 Å². The van der Waals surface area contributed by atoms with Crippen LogP contribution in [-0.2, 0) is 37.3 Å². The molecular formula is C23H26ClN3O5S. The lowest BCUT2D eigenvalue weighted by atomic mass is 9.81. The van der Waals surface area contributed by atoms with Crippen LogP contribution in [0.3, 0.4) is 0 Å². The summed E-state index contributed by atoms with van der Waals surface area (Å²) < 4.78 is 9.57. The molecule has 33 heavy (non-hydrogen) atoms. The van der Waals surface area contributed by atoms with Gasteiger partial charge in [-0.2, -0.15) is 0 Å². The van der Waals surface area contributed by atoms with Crippen LogP contribution < -0.4 is 4.90 Å². The molecule has 1 aromatic heterocycles. The summed E-state index contributed by atoms with van der Waals surface area (Å²) in [4.78, 5) is 45.6. The van der Waals surface area contributed by atoms with Gasteiger partial charge in [-0.05, 0) is 43.0 Å². The number of likely N-dealkylation sites (tertiary alicyclic amines) is 1. The molecule has 1 unspecified atom stereocenters. The van der Waals surface area contributed by atoms with Crippen LogP contribution >= 0.6 is 22.9 Å². The zero-order chi connectivity index (χ0) is 23.6. The van der Waals surface area contributed by atoms with E-state index in [9.17, 15) is 14.4 Å². The number of carbonyl (C=O) groups is 3. The van der Waals surface area contributed by atoms with Crippen LogP contribution in [0.4, 0.5) is 10.5 Å². The number of halogens is 1. The Morgan fingerprint density at radius 2 is 2.03 bits per heavy atom. The second-order valence-electron chi connectivity index (χ2n) is 8.39. The lowest BCUT2D eigenvalue weighted by Crippen LogP contribution is -2.40. The number of aromatic nitrogens is 1. The Bertz CT molecular complexity index is 1070. The van der Waals surface area contributed by atoms with E-state index in [1.54, 1.807) is 22.1 Å². The van der Waals surface area contributed by atoms with E-state index in [0.717, 1.165) is 34.0 Å². The number of nitrogens with zero attached hydrogens (tertiary/aromatic N) is 3. The number of amides is 2. The predicted octanol–water partition coefficient (Wildman–Crippen LogP) is 3.59. The Morgan fingerprint density at radius 1 is 1.21 bits per heavy atom. The Hall–Kier alpha value is -2.65. The average Bonchev–Trinajstić information content (AvgIpc) is 3.52. The van der Waals surface area contributed by atoms with Crippen molar-refractivity contribution in [2.75, 3.05) is 38.8 Å². The molecule has 2 aliphatic rings. The van der Waals surface area contributed by atoms with E-state index in [1.165, 1.54) is 25.6 Å². The molecule has 0 radical (unpaired) electrons. The maximum absolute atomic E-state index is 13.3. The first-order valence-electron chi connectivity index (χ1n) is 10.8. The summed E-state index contributed by atoms with van der Waals surface area (Å²) in [5.74, 6) is -0.267. The topological polar surface area (TPSA) is 89.0 Å². The molecule has 1 fully saturated rings. The van der Waals surface area contributed by atoms with E-state index in [2.05, 4.69) is 9.72 Å². The summed E-state index contributed by atoms with van der Waals surface area (Å²) >= 11 is 7.79. The normalized spacial score (nSPS) is 19.1. The third kappa shape index (κ3) is 4.84. The Kier molecular flexibility index (Phi) is 6.90. The predicted molar refractivity (Wildman–Crippen MR) is 125 cm³/mol. The van der Waals surface area contributed by atoms with Gasteiger partial charge in [-0.1, -0.05) is 11.6 Å². The highest BCUT2D eigenvalue weighted by molar-refractivity contribution is 7.11. The van der Waals surface area contributed by atoms with Gasteiger partial charge in [0.25, 0.3) is 0 Å². The summed E-state index contributed by atoms with van der Waals surface area (Å²) in [6, 6.07) is 5.58. The van der Waals surface area contributed by atoms with Gasteiger partial charge in [0, 0.05) is 53.3 Å². The van der Waals surface area contributed by atoms with Crippen molar-refractivity contribution in [3.05, 3.63) is 44.9 Å². The second-order valence-corrected chi connectivity index (χ2v) is 10.0. The van der Waals surface area contributed by atoms with Crippen molar-refractivity contribution in [3.63, 3.8) is 0 Å². The number of anilines is 1. The van der Waals surface area contributed by atoms with Crippen LogP contribution in [0.25, 0.3) is 0 Å². The molecule has 0 bridgehead atoms.